The zero-order chi connectivity index (χ0) is 21.6. The SMILES string of the molecule is CCOC(=O)COc1c(Br)cc(/C=C2/NC(=O)N(CC(=O)OC)C2=O)cc1OC. The molecule has 1 N–H and O–H groups in total. The van der Waals surface area contributed by atoms with Crippen LogP contribution >= 0.6 is 15.9 Å². The second kappa shape index (κ2) is 9.92. The third kappa shape index (κ3) is 5.47. The van der Waals surface area contributed by atoms with Crippen molar-refractivity contribution in [1.29, 1.82) is 0 Å². The van der Waals surface area contributed by atoms with Crippen LogP contribution in [0.4, 0.5) is 4.79 Å². The lowest BCUT2D eigenvalue weighted by atomic mass is 10.1. The highest BCUT2D eigenvalue weighted by Crippen LogP contribution is 2.37. The summed E-state index contributed by atoms with van der Waals surface area (Å²) in [5.74, 6) is -1.35. The molecule has 0 bridgehead atoms. The lowest BCUT2D eigenvalue weighted by Gasteiger charge is -2.13. The van der Waals surface area contributed by atoms with Crippen molar-refractivity contribution in [3.05, 3.63) is 27.9 Å². The third-order valence-electron chi connectivity index (χ3n) is 3.68. The number of benzene rings is 1. The van der Waals surface area contributed by atoms with Crippen LogP contribution in [0.3, 0.4) is 0 Å². The number of esters is 2. The fourth-order valence-electron chi connectivity index (χ4n) is 2.37. The van der Waals surface area contributed by atoms with E-state index in [1.54, 1.807) is 19.1 Å². The lowest BCUT2D eigenvalue weighted by molar-refractivity contribution is -0.145. The molecule has 2 rings (SSSR count). The van der Waals surface area contributed by atoms with Gasteiger partial charge in [0.1, 0.15) is 12.2 Å². The third-order valence-corrected chi connectivity index (χ3v) is 4.27. The van der Waals surface area contributed by atoms with Gasteiger partial charge in [-0.25, -0.2) is 14.5 Å². The highest BCUT2D eigenvalue weighted by molar-refractivity contribution is 9.10. The summed E-state index contributed by atoms with van der Waals surface area (Å²) in [6.07, 6.45) is 1.42. The quantitative estimate of drug-likeness (QED) is 0.344. The number of nitrogens with zero attached hydrogens (tertiary/aromatic N) is 1. The van der Waals surface area contributed by atoms with Crippen LogP contribution in [-0.2, 0) is 23.9 Å². The van der Waals surface area contributed by atoms with Gasteiger partial charge in [0.05, 0.1) is 25.3 Å². The van der Waals surface area contributed by atoms with Crippen molar-refractivity contribution in [2.24, 2.45) is 0 Å². The smallest absolute Gasteiger partial charge is 0.344 e. The number of carbonyl (C=O) groups excluding carboxylic acids is 4. The number of urea groups is 1. The maximum Gasteiger partial charge on any atom is 0.344 e. The standard InChI is InChI=1S/C18H19BrN2O8/c1-4-28-15(23)9-29-16-11(19)5-10(7-13(16)26-2)6-12-17(24)21(18(25)20-12)8-14(22)27-3/h5-7H,4,8-9H2,1-3H3,(H,20,25)/b12-6+. The van der Waals surface area contributed by atoms with Gasteiger partial charge in [-0.15, -0.1) is 0 Å². The fraction of sp³-hybridized carbons (Fsp3) is 0.333. The second-order valence-electron chi connectivity index (χ2n) is 5.58. The predicted octanol–water partition coefficient (Wildman–Crippen LogP) is 1.47. The summed E-state index contributed by atoms with van der Waals surface area (Å²) in [5, 5.41) is 2.40. The van der Waals surface area contributed by atoms with E-state index in [-0.39, 0.29) is 24.7 Å². The van der Waals surface area contributed by atoms with Crippen LogP contribution < -0.4 is 14.8 Å². The van der Waals surface area contributed by atoms with Gasteiger partial charge in [-0.2, -0.15) is 0 Å². The van der Waals surface area contributed by atoms with E-state index in [0.29, 0.717) is 15.8 Å². The van der Waals surface area contributed by atoms with Gasteiger partial charge in [0.15, 0.2) is 18.1 Å². The molecule has 1 fully saturated rings. The zero-order valence-corrected chi connectivity index (χ0v) is 17.5. The minimum atomic E-state index is -0.730. The molecule has 3 amide bonds. The first kappa shape index (κ1) is 22.2. The van der Waals surface area contributed by atoms with Crippen LogP contribution in [0.25, 0.3) is 6.08 Å². The van der Waals surface area contributed by atoms with E-state index < -0.39 is 30.4 Å². The summed E-state index contributed by atoms with van der Waals surface area (Å²) in [7, 11) is 2.57. The van der Waals surface area contributed by atoms with Gasteiger partial charge in [0.25, 0.3) is 5.91 Å². The summed E-state index contributed by atoms with van der Waals surface area (Å²) in [6.45, 7) is 1.12. The van der Waals surface area contributed by atoms with Crippen molar-refractivity contribution in [1.82, 2.24) is 10.2 Å². The second-order valence-corrected chi connectivity index (χ2v) is 6.44. The van der Waals surface area contributed by atoms with Gasteiger partial charge in [0, 0.05) is 0 Å². The summed E-state index contributed by atoms with van der Waals surface area (Å²) in [4.78, 5) is 47.9. The van der Waals surface area contributed by atoms with Crippen molar-refractivity contribution in [2.45, 2.75) is 6.92 Å². The number of nitrogens with one attached hydrogen (secondary N) is 1. The minimum absolute atomic E-state index is 0.0203. The highest BCUT2D eigenvalue weighted by atomic mass is 79.9. The van der Waals surface area contributed by atoms with Gasteiger partial charge in [0.2, 0.25) is 0 Å². The maximum absolute atomic E-state index is 12.4. The Labute approximate surface area is 174 Å². The van der Waals surface area contributed by atoms with Crippen molar-refractivity contribution >= 4 is 45.9 Å². The molecule has 0 unspecified atom stereocenters. The van der Waals surface area contributed by atoms with Crippen molar-refractivity contribution in [2.75, 3.05) is 34.0 Å². The molecule has 0 radical (unpaired) electrons. The largest absolute Gasteiger partial charge is 0.493 e. The first-order valence-electron chi connectivity index (χ1n) is 8.38. The number of halogens is 1. The summed E-state index contributed by atoms with van der Waals surface area (Å²) in [6, 6.07) is 2.44. The Morgan fingerprint density at radius 3 is 2.55 bits per heavy atom. The molecule has 0 aliphatic carbocycles. The molecule has 1 aliphatic rings. The average Bonchev–Trinajstić information content (AvgIpc) is 2.94. The summed E-state index contributed by atoms with van der Waals surface area (Å²) in [5.41, 5.74) is 0.480. The average molecular weight is 471 g/mol. The molecule has 11 heteroatoms. The number of hydrogen-bond donors (Lipinski definition) is 1. The molecule has 156 valence electrons. The molecule has 1 aliphatic heterocycles. The molecule has 0 atom stereocenters. The molecule has 10 nitrogen and oxygen atoms in total. The molecule has 0 saturated carbocycles. The molecule has 0 aromatic heterocycles. The maximum atomic E-state index is 12.4. The topological polar surface area (TPSA) is 120 Å². The number of imide groups is 1. The normalized spacial score (nSPS) is 14.6. The van der Waals surface area contributed by atoms with Crippen LogP contribution in [0.2, 0.25) is 0 Å². The van der Waals surface area contributed by atoms with E-state index in [9.17, 15) is 19.2 Å². The molecule has 1 aromatic rings. The molecular formula is C18H19BrN2O8. The molecule has 1 saturated heterocycles. The molecular weight excluding hydrogens is 452 g/mol. The molecule has 1 aromatic carbocycles. The van der Waals surface area contributed by atoms with Crippen molar-refractivity contribution in [3.8, 4) is 11.5 Å². The Hall–Kier alpha value is -3.08. The number of methoxy groups -OCH3 is 2. The Kier molecular flexibility index (Phi) is 7.59. The van der Waals surface area contributed by atoms with Gasteiger partial charge in [-0.3, -0.25) is 9.59 Å². The minimum Gasteiger partial charge on any atom is -0.493 e. The van der Waals surface area contributed by atoms with Crippen LogP contribution in [0, 0.1) is 0 Å². The summed E-state index contributed by atoms with van der Waals surface area (Å²) >= 11 is 3.33. The van der Waals surface area contributed by atoms with Gasteiger partial charge < -0.3 is 24.3 Å². The zero-order valence-electron chi connectivity index (χ0n) is 15.9. The monoisotopic (exact) mass is 470 g/mol. The molecule has 29 heavy (non-hydrogen) atoms. The van der Waals surface area contributed by atoms with Gasteiger partial charge in [-0.1, -0.05) is 0 Å². The molecule has 0 spiro atoms. The van der Waals surface area contributed by atoms with E-state index in [1.807, 2.05) is 0 Å². The van der Waals surface area contributed by atoms with E-state index >= 15 is 0 Å². The number of rotatable bonds is 8. The first-order valence-corrected chi connectivity index (χ1v) is 9.17. The van der Waals surface area contributed by atoms with E-state index in [1.165, 1.54) is 13.2 Å². The van der Waals surface area contributed by atoms with E-state index in [2.05, 4.69) is 26.0 Å². The Bertz CT molecular complexity index is 868. The first-order chi connectivity index (χ1) is 13.8. The van der Waals surface area contributed by atoms with Crippen LogP contribution in [0.5, 0.6) is 11.5 Å². The van der Waals surface area contributed by atoms with Gasteiger partial charge in [-0.05, 0) is 46.6 Å². The van der Waals surface area contributed by atoms with Crippen LogP contribution in [-0.4, -0.2) is 62.8 Å². The highest BCUT2D eigenvalue weighted by Gasteiger charge is 2.35. The summed E-state index contributed by atoms with van der Waals surface area (Å²) < 4.78 is 20.5. The Morgan fingerprint density at radius 2 is 1.93 bits per heavy atom. The number of ether oxygens (including phenoxy) is 4. The number of amides is 3. The number of carbonyl (C=O) groups is 4. The number of hydrogen-bond acceptors (Lipinski definition) is 8. The van der Waals surface area contributed by atoms with Gasteiger partial charge >= 0.3 is 18.0 Å². The van der Waals surface area contributed by atoms with Crippen LogP contribution in [0.15, 0.2) is 22.3 Å². The Balaban J connectivity index is 2.24. The van der Waals surface area contributed by atoms with E-state index in [4.69, 9.17) is 14.2 Å². The van der Waals surface area contributed by atoms with Crippen molar-refractivity contribution < 1.29 is 38.1 Å². The van der Waals surface area contributed by atoms with Crippen LogP contribution in [0.1, 0.15) is 12.5 Å². The fourth-order valence-corrected chi connectivity index (χ4v) is 2.95. The van der Waals surface area contributed by atoms with Crippen molar-refractivity contribution in [3.63, 3.8) is 0 Å². The molecule has 1 heterocycles. The van der Waals surface area contributed by atoms with E-state index in [0.717, 1.165) is 12.0 Å². The Morgan fingerprint density at radius 1 is 1.21 bits per heavy atom. The predicted molar refractivity (Wildman–Crippen MR) is 103 cm³/mol. The lowest BCUT2D eigenvalue weighted by Crippen LogP contribution is -2.36.